The van der Waals surface area contributed by atoms with Gasteiger partial charge in [-0.05, 0) is 46.1 Å². The predicted octanol–water partition coefficient (Wildman–Crippen LogP) is 2.75. The number of nitrogens with zero attached hydrogens (tertiary/aromatic N) is 3. The lowest BCUT2D eigenvalue weighted by atomic mass is 10.1. The summed E-state index contributed by atoms with van der Waals surface area (Å²) < 4.78 is 0. The van der Waals surface area contributed by atoms with Crippen LogP contribution in [-0.2, 0) is 0 Å². The molecule has 0 aliphatic heterocycles. The molecule has 2 aromatic heterocycles. The lowest BCUT2D eigenvalue weighted by Gasteiger charge is -1.96. The molecule has 2 heterocycles. The average molecular weight is 285 g/mol. The molecule has 4 rings (SSSR count). The first-order valence-electron chi connectivity index (χ1n) is 6.82. The highest BCUT2D eigenvalue weighted by molar-refractivity contribution is 5.80. The van der Waals surface area contributed by atoms with Crippen LogP contribution in [0.15, 0.2) is 54.7 Å². The molecule has 4 aromatic rings. The Bertz CT molecular complexity index is 986. The van der Waals surface area contributed by atoms with Crippen LogP contribution in [0.4, 0.5) is 0 Å². The van der Waals surface area contributed by atoms with Crippen molar-refractivity contribution in [1.29, 1.82) is 0 Å². The zero-order valence-electron chi connectivity index (χ0n) is 11.5. The highest BCUT2D eigenvalue weighted by Crippen LogP contribution is 2.15. The van der Waals surface area contributed by atoms with Crippen LogP contribution >= 0.6 is 0 Å². The third-order valence-electron chi connectivity index (χ3n) is 3.39. The maximum atomic E-state index is 3.91. The fourth-order valence-corrected chi connectivity index (χ4v) is 2.30. The minimum absolute atomic E-state index is 0.636. The van der Waals surface area contributed by atoms with Crippen molar-refractivity contribution in [3.63, 3.8) is 0 Å². The van der Waals surface area contributed by atoms with Gasteiger partial charge in [0.25, 0.3) is 0 Å². The number of tetrazole rings is 1. The molecule has 0 radical (unpaired) electrons. The van der Waals surface area contributed by atoms with Crippen molar-refractivity contribution in [1.82, 2.24) is 25.6 Å². The molecule has 0 aliphatic carbocycles. The summed E-state index contributed by atoms with van der Waals surface area (Å²) in [7, 11) is 0. The summed E-state index contributed by atoms with van der Waals surface area (Å²) in [6.45, 7) is 0. The number of fused-ring (bicyclic) bond motifs is 1. The topological polar surface area (TPSA) is 70.2 Å². The molecule has 5 heteroatoms. The van der Waals surface area contributed by atoms with E-state index in [1.807, 2.05) is 48.7 Å². The molecule has 0 saturated heterocycles. The van der Waals surface area contributed by atoms with Crippen LogP contribution in [0.5, 0.6) is 0 Å². The lowest BCUT2D eigenvalue weighted by molar-refractivity contribution is 0.881. The Morgan fingerprint density at radius 1 is 0.909 bits per heavy atom. The van der Waals surface area contributed by atoms with Gasteiger partial charge in [0.15, 0.2) is 5.82 Å². The Kier molecular flexibility index (Phi) is 2.91. The summed E-state index contributed by atoms with van der Waals surface area (Å²) in [5.41, 5.74) is 3.90. The van der Waals surface area contributed by atoms with Crippen LogP contribution in [0.1, 0.15) is 11.1 Å². The fourth-order valence-electron chi connectivity index (χ4n) is 2.30. The summed E-state index contributed by atoms with van der Waals surface area (Å²) >= 11 is 0. The molecule has 2 aromatic carbocycles. The van der Waals surface area contributed by atoms with Crippen LogP contribution in [0.25, 0.3) is 22.3 Å². The van der Waals surface area contributed by atoms with Crippen molar-refractivity contribution >= 4 is 10.9 Å². The molecular formula is C17H11N5. The van der Waals surface area contributed by atoms with Crippen molar-refractivity contribution in [2.75, 3.05) is 0 Å². The molecule has 0 aliphatic rings. The van der Waals surface area contributed by atoms with E-state index in [2.05, 4.69) is 43.5 Å². The molecule has 0 saturated carbocycles. The average Bonchev–Trinajstić information content (AvgIpc) is 3.24. The molecule has 0 spiro atoms. The van der Waals surface area contributed by atoms with Gasteiger partial charge in [-0.25, -0.2) is 5.10 Å². The molecule has 5 nitrogen and oxygen atoms in total. The summed E-state index contributed by atoms with van der Waals surface area (Å²) in [4.78, 5) is 3.19. The Labute approximate surface area is 126 Å². The maximum absolute atomic E-state index is 3.91. The number of benzene rings is 2. The minimum atomic E-state index is 0.636. The Morgan fingerprint density at radius 3 is 2.68 bits per heavy atom. The quantitative estimate of drug-likeness (QED) is 0.528. The van der Waals surface area contributed by atoms with E-state index in [4.69, 9.17) is 0 Å². The van der Waals surface area contributed by atoms with Crippen LogP contribution in [0, 0.1) is 11.8 Å². The normalized spacial score (nSPS) is 10.4. The largest absolute Gasteiger partial charge is 0.361 e. The smallest absolute Gasteiger partial charge is 0.179 e. The van der Waals surface area contributed by atoms with E-state index in [0.717, 1.165) is 22.2 Å². The zero-order chi connectivity index (χ0) is 14.8. The maximum Gasteiger partial charge on any atom is 0.179 e. The molecule has 0 unspecified atom stereocenters. The van der Waals surface area contributed by atoms with Gasteiger partial charge >= 0.3 is 0 Å². The van der Waals surface area contributed by atoms with Crippen molar-refractivity contribution in [3.05, 3.63) is 65.9 Å². The van der Waals surface area contributed by atoms with Gasteiger partial charge in [0.2, 0.25) is 0 Å². The van der Waals surface area contributed by atoms with E-state index in [1.165, 1.54) is 5.39 Å². The number of nitrogens with one attached hydrogen (secondary N) is 2. The lowest BCUT2D eigenvalue weighted by Crippen LogP contribution is -1.83. The van der Waals surface area contributed by atoms with Gasteiger partial charge in [0.05, 0.1) is 0 Å². The second-order valence-corrected chi connectivity index (χ2v) is 4.86. The van der Waals surface area contributed by atoms with Gasteiger partial charge in [-0.2, -0.15) is 0 Å². The first-order valence-corrected chi connectivity index (χ1v) is 6.82. The van der Waals surface area contributed by atoms with E-state index >= 15 is 0 Å². The van der Waals surface area contributed by atoms with Gasteiger partial charge in [0, 0.05) is 28.4 Å². The second-order valence-electron chi connectivity index (χ2n) is 4.86. The molecule has 0 fully saturated rings. The van der Waals surface area contributed by atoms with E-state index in [0.29, 0.717) is 5.82 Å². The van der Waals surface area contributed by atoms with E-state index in [1.54, 1.807) is 0 Å². The monoisotopic (exact) mass is 285 g/mol. The van der Waals surface area contributed by atoms with Crippen molar-refractivity contribution in [2.24, 2.45) is 0 Å². The molecule has 0 atom stereocenters. The van der Waals surface area contributed by atoms with Crippen LogP contribution in [0.3, 0.4) is 0 Å². The molecule has 22 heavy (non-hydrogen) atoms. The number of rotatable bonds is 1. The number of hydrogen-bond acceptors (Lipinski definition) is 3. The van der Waals surface area contributed by atoms with Crippen LogP contribution in [-0.4, -0.2) is 25.6 Å². The molecular weight excluding hydrogens is 274 g/mol. The van der Waals surface area contributed by atoms with E-state index in [-0.39, 0.29) is 0 Å². The molecule has 0 amide bonds. The highest BCUT2D eigenvalue weighted by atomic mass is 15.5. The number of aromatic amines is 2. The third kappa shape index (κ3) is 2.34. The summed E-state index contributed by atoms with van der Waals surface area (Å²) in [6.07, 6.45) is 1.93. The Hall–Kier alpha value is -3.39. The molecule has 2 N–H and O–H groups in total. The Morgan fingerprint density at radius 2 is 1.82 bits per heavy atom. The van der Waals surface area contributed by atoms with Gasteiger partial charge in [-0.1, -0.05) is 30.0 Å². The van der Waals surface area contributed by atoms with Gasteiger partial charge in [0.1, 0.15) is 0 Å². The SMILES string of the molecule is C(#Cc1ccc2cc[nH]c2c1)c1cccc(-c2nnn[nH]2)c1. The Balaban J connectivity index is 1.67. The standard InChI is InChI=1S/C17H11N5/c1-2-12(10-15(3-1)17-19-21-22-20-17)4-5-13-6-7-14-8-9-18-16(14)11-13/h1-3,6-11,18H,(H,19,20,21,22). The first-order chi connectivity index (χ1) is 10.9. The van der Waals surface area contributed by atoms with Gasteiger partial charge in [-0.15, -0.1) is 5.10 Å². The molecule has 104 valence electrons. The summed E-state index contributed by atoms with van der Waals surface area (Å²) in [5.74, 6) is 6.99. The third-order valence-corrected chi connectivity index (χ3v) is 3.39. The van der Waals surface area contributed by atoms with Crippen molar-refractivity contribution in [2.45, 2.75) is 0 Å². The van der Waals surface area contributed by atoms with Gasteiger partial charge < -0.3 is 4.98 Å². The summed E-state index contributed by atoms with van der Waals surface area (Å²) in [6, 6.07) is 16.0. The van der Waals surface area contributed by atoms with E-state index in [9.17, 15) is 0 Å². The predicted molar refractivity (Wildman–Crippen MR) is 83.9 cm³/mol. The number of H-pyrrole nitrogens is 2. The first kappa shape index (κ1) is 12.4. The minimum Gasteiger partial charge on any atom is -0.361 e. The number of aromatic nitrogens is 5. The molecule has 0 bridgehead atoms. The highest BCUT2D eigenvalue weighted by Gasteiger charge is 2.01. The van der Waals surface area contributed by atoms with Gasteiger partial charge in [-0.3, -0.25) is 0 Å². The van der Waals surface area contributed by atoms with E-state index < -0.39 is 0 Å². The number of hydrogen-bond donors (Lipinski definition) is 2. The van der Waals surface area contributed by atoms with Crippen LogP contribution in [0.2, 0.25) is 0 Å². The second kappa shape index (κ2) is 5.19. The fraction of sp³-hybridized carbons (Fsp3) is 0. The van der Waals surface area contributed by atoms with Crippen molar-refractivity contribution in [3.8, 4) is 23.2 Å². The zero-order valence-corrected chi connectivity index (χ0v) is 11.5. The van der Waals surface area contributed by atoms with Crippen LogP contribution < -0.4 is 0 Å². The summed E-state index contributed by atoms with van der Waals surface area (Å²) in [5, 5.41) is 15.0. The van der Waals surface area contributed by atoms with Crippen molar-refractivity contribution < 1.29 is 0 Å².